The molecule has 0 fully saturated rings. The minimum absolute atomic E-state index is 0. The SMILES string of the molecule is O=C(N[c-]1cccc1)OCC1c2ccccc2-c2ccccc21.O=C(O)[c-]1cccc1.[Fe]. The molecular formula is C26H21FeNO4-2. The van der Waals surface area contributed by atoms with Crippen LogP contribution in [-0.2, 0) is 21.8 Å². The number of rotatable bonds is 4. The monoisotopic (exact) mass is 467 g/mol. The van der Waals surface area contributed by atoms with E-state index < -0.39 is 12.1 Å². The summed E-state index contributed by atoms with van der Waals surface area (Å²) in [6.45, 7) is 0.334. The van der Waals surface area contributed by atoms with E-state index in [0.717, 1.165) is 5.69 Å². The second-order valence-corrected chi connectivity index (χ2v) is 7.10. The van der Waals surface area contributed by atoms with Gasteiger partial charge in [-0.05, 0) is 27.9 Å². The second kappa shape index (κ2) is 10.6. The molecule has 0 heterocycles. The Morgan fingerprint density at radius 2 is 1.31 bits per heavy atom. The molecule has 6 heteroatoms. The van der Waals surface area contributed by atoms with Gasteiger partial charge in [0.25, 0.3) is 5.97 Å². The third-order valence-corrected chi connectivity index (χ3v) is 5.16. The maximum Gasteiger partial charge on any atom is 0.332 e. The Hall–Kier alpha value is -3.60. The fraction of sp³-hybridized carbons (Fsp3) is 0.0769. The number of carboxylic acid groups (broad SMARTS) is 1. The minimum Gasteiger partial charge on any atom is -0.491 e. The number of carbonyl (C=O) groups is 2. The van der Waals surface area contributed by atoms with Crippen molar-refractivity contribution in [1.82, 2.24) is 0 Å². The molecule has 1 amide bonds. The number of ether oxygens (including phenoxy) is 1. The molecular weight excluding hydrogens is 446 g/mol. The first-order valence-corrected chi connectivity index (χ1v) is 9.92. The first-order valence-electron chi connectivity index (χ1n) is 9.92. The van der Waals surface area contributed by atoms with Crippen molar-refractivity contribution in [2.45, 2.75) is 5.92 Å². The Morgan fingerprint density at radius 1 is 0.812 bits per heavy atom. The molecule has 0 unspecified atom stereocenters. The number of fused-ring (bicyclic) bond motifs is 3. The molecule has 0 saturated carbocycles. The van der Waals surface area contributed by atoms with Crippen LogP contribution in [0.2, 0.25) is 0 Å². The Balaban J connectivity index is 0.000000274. The van der Waals surface area contributed by atoms with Gasteiger partial charge in [0.2, 0.25) is 0 Å². The zero-order valence-electron chi connectivity index (χ0n) is 17.0. The minimum atomic E-state index is -0.866. The molecule has 5 nitrogen and oxygen atoms in total. The third kappa shape index (κ3) is 5.17. The van der Waals surface area contributed by atoms with Gasteiger partial charge in [-0.2, -0.15) is 24.3 Å². The summed E-state index contributed by atoms with van der Waals surface area (Å²) < 4.78 is 5.46. The van der Waals surface area contributed by atoms with Crippen LogP contribution in [0.4, 0.5) is 10.5 Å². The van der Waals surface area contributed by atoms with Gasteiger partial charge < -0.3 is 15.2 Å². The number of amides is 1. The Morgan fingerprint density at radius 3 is 1.81 bits per heavy atom. The van der Waals surface area contributed by atoms with Crippen LogP contribution >= 0.6 is 0 Å². The smallest absolute Gasteiger partial charge is 0.332 e. The molecule has 0 bridgehead atoms. The van der Waals surface area contributed by atoms with Gasteiger partial charge in [0, 0.05) is 23.0 Å². The van der Waals surface area contributed by atoms with E-state index in [4.69, 9.17) is 9.84 Å². The molecule has 0 aromatic heterocycles. The van der Waals surface area contributed by atoms with Crippen molar-refractivity contribution in [2.75, 3.05) is 11.9 Å². The predicted octanol–water partition coefficient (Wildman–Crippen LogP) is 5.87. The summed E-state index contributed by atoms with van der Waals surface area (Å²) in [6, 6.07) is 30.5. The van der Waals surface area contributed by atoms with E-state index >= 15 is 0 Å². The first-order chi connectivity index (χ1) is 15.1. The average Bonchev–Trinajstić information content (AvgIpc) is 3.54. The van der Waals surface area contributed by atoms with Gasteiger partial charge in [0.1, 0.15) is 0 Å². The number of hydrogen-bond donors (Lipinski definition) is 2. The van der Waals surface area contributed by atoms with Crippen molar-refractivity contribution in [3.05, 3.63) is 114 Å². The van der Waals surface area contributed by atoms with Crippen LogP contribution in [0.3, 0.4) is 0 Å². The molecule has 0 radical (unpaired) electrons. The van der Waals surface area contributed by atoms with Gasteiger partial charge in [-0.15, -0.1) is 12.1 Å². The van der Waals surface area contributed by atoms with Crippen LogP contribution in [0.15, 0.2) is 97.1 Å². The maximum atomic E-state index is 12.0. The van der Waals surface area contributed by atoms with Gasteiger partial charge in [-0.25, -0.2) is 12.1 Å². The van der Waals surface area contributed by atoms with Crippen molar-refractivity contribution >= 4 is 17.7 Å². The number of aromatic carboxylic acids is 1. The van der Waals surface area contributed by atoms with E-state index in [1.54, 1.807) is 24.3 Å². The van der Waals surface area contributed by atoms with Crippen molar-refractivity contribution in [3.63, 3.8) is 0 Å². The summed E-state index contributed by atoms with van der Waals surface area (Å²) in [4.78, 5) is 22.0. The van der Waals surface area contributed by atoms with Gasteiger partial charge in [-0.1, -0.05) is 54.1 Å². The molecule has 1 aliphatic carbocycles. The van der Waals surface area contributed by atoms with Crippen LogP contribution < -0.4 is 5.32 Å². The standard InChI is InChI=1S/C20H16NO2.C6H5O2.Fe/c22-20(21-14-7-1-2-8-14)23-13-19-17-11-5-3-9-15(17)16-10-4-6-12-18(16)19;7-6(8)5-3-1-2-4-5;/h1-12,19H,13H2,(H,21,22);1-4H,(H,7,8);/q2*-1;. The maximum absolute atomic E-state index is 12.0. The van der Waals surface area contributed by atoms with Crippen molar-refractivity contribution in [3.8, 4) is 11.1 Å². The summed E-state index contributed by atoms with van der Waals surface area (Å²) >= 11 is 0. The number of anilines is 1. The molecule has 2 N–H and O–H groups in total. The van der Waals surface area contributed by atoms with Crippen LogP contribution in [0.1, 0.15) is 27.4 Å². The van der Waals surface area contributed by atoms with Crippen LogP contribution in [0.5, 0.6) is 0 Å². The second-order valence-electron chi connectivity index (χ2n) is 7.10. The molecule has 0 saturated heterocycles. The van der Waals surface area contributed by atoms with Crippen molar-refractivity contribution in [2.24, 2.45) is 0 Å². The zero-order valence-corrected chi connectivity index (χ0v) is 18.2. The number of hydrogen-bond acceptors (Lipinski definition) is 3. The molecule has 4 aromatic carbocycles. The summed E-state index contributed by atoms with van der Waals surface area (Å²) in [7, 11) is 0. The summed E-state index contributed by atoms with van der Waals surface area (Å²) in [6.07, 6.45) is -0.418. The van der Waals surface area contributed by atoms with Gasteiger partial charge in [-0.3, -0.25) is 9.59 Å². The molecule has 32 heavy (non-hydrogen) atoms. The Kier molecular flexibility index (Phi) is 7.66. The van der Waals surface area contributed by atoms with Crippen molar-refractivity contribution < 1.29 is 36.5 Å². The first kappa shape index (κ1) is 23.1. The van der Waals surface area contributed by atoms with E-state index in [1.165, 1.54) is 22.3 Å². The summed E-state index contributed by atoms with van der Waals surface area (Å²) in [5.74, 6) is -0.775. The van der Waals surface area contributed by atoms with Crippen molar-refractivity contribution in [1.29, 1.82) is 0 Å². The number of nitrogens with one attached hydrogen (secondary N) is 1. The average molecular weight is 467 g/mol. The topological polar surface area (TPSA) is 75.6 Å². The third-order valence-electron chi connectivity index (χ3n) is 5.16. The van der Waals surface area contributed by atoms with E-state index in [9.17, 15) is 9.59 Å². The largest absolute Gasteiger partial charge is 0.491 e. The van der Waals surface area contributed by atoms with Crippen LogP contribution in [-0.4, -0.2) is 23.8 Å². The molecule has 164 valence electrons. The predicted molar refractivity (Wildman–Crippen MR) is 120 cm³/mol. The Labute approximate surface area is 196 Å². The van der Waals surface area contributed by atoms with Gasteiger partial charge >= 0.3 is 6.09 Å². The summed E-state index contributed by atoms with van der Waals surface area (Å²) in [5, 5.41) is 11.0. The molecule has 0 atom stereocenters. The molecule has 1 aliphatic rings. The van der Waals surface area contributed by atoms with Crippen LogP contribution in [0.25, 0.3) is 11.1 Å². The fourth-order valence-electron chi connectivity index (χ4n) is 3.73. The van der Waals surface area contributed by atoms with Gasteiger partial charge in [0.05, 0.1) is 6.61 Å². The molecule has 0 aliphatic heterocycles. The normalized spacial score (nSPS) is 11.2. The molecule has 0 spiro atoms. The van der Waals surface area contributed by atoms with Gasteiger partial charge in [0.15, 0.2) is 0 Å². The van der Waals surface area contributed by atoms with E-state index in [0.29, 0.717) is 12.2 Å². The molecule has 5 rings (SSSR count). The van der Waals surface area contributed by atoms with E-state index in [2.05, 4.69) is 29.6 Å². The number of benzene rings is 2. The molecule has 4 aromatic rings. The summed E-state index contributed by atoms with van der Waals surface area (Å²) in [5.41, 5.74) is 6.00. The quantitative estimate of drug-likeness (QED) is 0.291. The van der Waals surface area contributed by atoms with E-state index in [-0.39, 0.29) is 23.0 Å². The number of carboxylic acids is 1. The van der Waals surface area contributed by atoms with Crippen LogP contribution in [0, 0.1) is 0 Å². The fourth-order valence-corrected chi connectivity index (χ4v) is 3.73. The Bertz CT molecular complexity index is 1120. The zero-order chi connectivity index (χ0) is 21.6. The number of carbonyl (C=O) groups excluding carboxylic acids is 1. The van der Waals surface area contributed by atoms with E-state index in [1.807, 2.05) is 48.5 Å².